The fraction of sp³-hybridized carbons (Fsp3) is 0.167. The van der Waals surface area contributed by atoms with Gasteiger partial charge in [-0.15, -0.1) is 10.2 Å². The zero-order valence-electron chi connectivity index (χ0n) is 17.3. The Kier molecular flexibility index (Phi) is 5.46. The summed E-state index contributed by atoms with van der Waals surface area (Å²) in [6, 6.07) is 23.8. The third-order valence-corrected chi connectivity index (χ3v) is 6.83. The van der Waals surface area contributed by atoms with Gasteiger partial charge in [0.1, 0.15) is 0 Å². The second-order valence-electron chi connectivity index (χ2n) is 7.57. The summed E-state index contributed by atoms with van der Waals surface area (Å²) in [6.07, 6.45) is 0. The van der Waals surface area contributed by atoms with Gasteiger partial charge in [0.25, 0.3) is 10.0 Å². The molecule has 3 aromatic carbocycles. The molecular formula is C24H22N4O3S. The zero-order valence-corrected chi connectivity index (χ0v) is 18.1. The first-order valence-electron chi connectivity index (χ1n) is 10.4. The minimum atomic E-state index is -3.69. The van der Waals surface area contributed by atoms with Gasteiger partial charge >= 0.3 is 0 Å². The molecule has 0 atom stereocenters. The molecule has 1 fully saturated rings. The Labute approximate surface area is 186 Å². The summed E-state index contributed by atoms with van der Waals surface area (Å²) in [6.45, 7) is 3.00. The minimum Gasteiger partial charge on any atom is -0.378 e. The fourth-order valence-electron chi connectivity index (χ4n) is 3.70. The maximum atomic E-state index is 12.8. The maximum absolute atomic E-state index is 12.8. The number of nitrogens with one attached hydrogen (secondary N) is 1. The highest BCUT2D eigenvalue weighted by molar-refractivity contribution is 7.92. The molecule has 0 bridgehead atoms. The van der Waals surface area contributed by atoms with E-state index in [-0.39, 0.29) is 4.90 Å². The van der Waals surface area contributed by atoms with E-state index in [9.17, 15) is 8.42 Å². The highest BCUT2D eigenvalue weighted by Crippen LogP contribution is 2.24. The van der Waals surface area contributed by atoms with E-state index < -0.39 is 10.0 Å². The Morgan fingerprint density at radius 1 is 0.812 bits per heavy atom. The van der Waals surface area contributed by atoms with E-state index in [2.05, 4.69) is 19.8 Å². The first-order valence-corrected chi connectivity index (χ1v) is 11.9. The molecule has 32 heavy (non-hydrogen) atoms. The Morgan fingerprint density at radius 2 is 1.56 bits per heavy atom. The fourth-order valence-corrected chi connectivity index (χ4v) is 4.79. The molecule has 1 aliphatic rings. The molecule has 0 spiro atoms. The molecule has 4 aromatic rings. The molecule has 0 amide bonds. The van der Waals surface area contributed by atoms with Gasteiger partial charge in [-0.2, -0.15) is 0 Å². The van der Waals surface area contributed by atoms with Gasteiger partial charge in [0.15, 0.2) is 5.82 Å². The lowest BCUT2D eigenvalue weighted by atomic mass is 10.1. The summed E-state index contributed by atoms with van der Waals surface area (Å²) in [5.74, 6) is 0.830. The van der Waals surface area contributed by atoms with Gasteiger partial charge < -0.3 is 9.64 Å². The van der Waals surface area contributed by atoms with Gasteiger partial charge in [0.05, 0.1) is 23.8 Å². The monoisotopic (exact) mass is 446 g/mol. The third-order valence-electron chi connectivity index (χ3n) is 5.45. The second kappa shape index (κ2) is 8.57. The van der Waals surface area contributed by atoms with Crippen LogP contribution in [-0.2, 0) is 14.8 Å². The van der Waals surface area contributed by atoms with Crippen LogP contribution in [0.15, 0.2) is 83.8 Å². The molecule has 0 unspecified atom stereocenters. The molecule has 1 N–H and O–H groups in total. The molecule has 0 aliphatic carbocycles. The number of aromatic nitrogens is 2. The average Bonchev–Trinajstić information content (AvgIpc) is 2.85. The molecule has 7 nitrogen and oxygen atoms in total. The van der Waals surface area contributed by atoms with Crippen molar-refractivity contribution in [1.29, 1.82) is 0 Å². The van der Waals surface area contributed by atoms with Crippen LogP contribution in [0.25, 0.3) is 22.0 Å². The van der Waals surface area contributed by atoms with Crippen molar-refractivity contribution < 1.29 is 13.2 Å². The quantitative estimate of drug-likeness (QED) is 0.500. The van der Waals surface area contributed by atoms with Gasteiger partial charge in [-0.1, -0.05) is 42.5 Å². The van der Waals surface area contributed by atoms with Gasteiger partial charge in [0.2, 0.25) is 0 Å². The van der Waals surface area contributed by atoms with Crippen molar-refractivity contribution in [3.05, 3.63) is 78.9 Å². The summed E-state index contributed by atoms with van der Waals surface area (Å²) >= 11 is 0. The van der Waals surface area contributed by atoms with E-state index in [1.807, 2.05) is 54.6 Å². The number of hydrogen-bond donors (Lipinski definition) is 1. The van der Waals surface area contributed by atoms with E-state index in [0.29, 0.717) is 18.9 Å². The SMILES string of the molecule is O=S(=O)(Nc1ccc(-c2ccc(N3CCOCC3)nn2)cc1)c1ccc2ccccc2c1. The Morgan fingerprint density at radius 3 is 2.28 bits per heavy atom. The number of benzene rings is 3. The van der Waals surface area contributed by atoms with E-state index in [4.69, 9.17) is 4.74 Å². The Hall–Kier alpha value is -3.49. The summed E-state index contributed by atoms with van der Waals surface area (Å²) in [7, 11) is -3.69. The predicted molar refractivity (Wildman–Crippen MR) is 125 cm³/mol. The van der Waals surface area contributed by atoms with Crippen molar-refractivity contribution in [2.24, 2.45) is 0 Å². The standard InChI is InChI=1S/C24H22N4O3S/c29-32(30,22-10-7-18-3-1-2-4-20(18)17-22)27-21-8-5-19(6-9-21)23-11-12-24(26-25-23)28-13-15-31-16-14-28/h1-12,17,27H,13-16H2. The lowest BCUT2D eigenvalue weighted by Gasteiger charge is -2.27. The summed E-state index contributed by atoms with van der Waals surface area (Å²) in [5, 5.41) is 10.5. The molecular weight excluding hydrogens is 424 g/mol. The third kappa shape index (κ3) is 4.28. The topological polar surface area (TPSA) is 84.4 Å². The number of morpholine rings is 1. The van der Waals surface area contributed by atoms with E-state index in [1.165, 1.54) is 0 Å². The highest BCUT2D eigenvalue weighted by atomic mass is 32.2. The lowest BCUT2D eigenvalue weighted by molar-refractivity contribution is 0.122. The number of rotatable bonds is 5. The Balaban J connectivity index is 1.31. The van der Waals surface area contributed by atoms with Crippen LogP contribution < -0.4 is 9.62 Å². The van der Waals surface area contributed by atoms with Crippen LogP contribution in [0.4, 0.5) is 11.5 Å². The number of sulfonamides is 1. The van der Waals surface area contributed by atoms with Crippen LogP contribution in [0.5, 0.6) is 0 Å². The molecule has 0 radical (unpaired) electrons. The molecule has 162 valence electrons. The largest absolute Gasteiger partial charge is 0.378 e. The van der Waals surface area contributed by atoms with Crippen LogP contribution >= 0.6 is 0 Å². The van der Waals surface area contributed by atoms with E-state index in [0.717, 1.165) is 40.9 Å². The first kappa shape index (κ1) is 20.4. The molecule has 2 heterocycles. The normalized spacial score (nSPS) is 14.4. The van der Waals surface area contributed by atoms with Crippen molar-refractivity contribution in [1.82, 2.24) is 10.2 Å². The van der Waals surface area contributed by atoms with Crippen LogP contribution in [-0.4, -0.2) is 44.9 Å². The molecule has 1 aliphatic heterocycles. The molecule has 5 rings (SSSR count). The smallest absolute Gasteiger partial charge is 0.261 e. The maximum Gasteiger partial charge on any atom is 0.261 e. The number of anilines is 2. The Bertz CT molecular complexity index is 1330. The first-order chi connectivity index (χ1) is 15.6. The predicted octanol–water partition coefficient (Wildman–Crippen LogP) is 3.93. The van der Waals surface area contributed by atoms with Gasteiger partial charge in [-0.25, -0.2) is 8.42 Å². The van der Waals surface area contributed by atoms with Crippen LogP contribution in [0, 0.1) is 0 Å². The van der Waals surface area contributed by atoms with E-state index in [1.54, 1.807) is 24.3 Å². The van der Waals surface area contributed by atoms with Gasteiger partial charge in [-0.3, -0.25) is 4.72 Å². The molecule has 1 saturated heterocycles. The van der Waals surface area contributed by atoms with Crippen LogP contribution in [0.3, 0.4) is 0 Å². The number of ether oxygens (including phenoxy) is 1. The molecule has 1 aromatic heterocycles. The minimum absolute atomic E-state index is 0.227. The van der Waals surface area contributed by atoms with Gasteiger partial charge in [0, 0.05) is 24.3 Å². The second-order valence-corrected chi connectivity index (χ2v) is 9.25. The number of nitrogens with zero attached hydrogens (tertiary/aromatic N) is 3. The van der Waals surface area contributed by atoms with E-state index >= 15 is 0 Å². The molecule has 8 heteroatoms. The van der Waals surface area contributed by atoms with Crippen molar-refractivity contribution in [3.8, 4) is 11.3 Å². The average molecular weight is 447 g/mol. The summed E-state index contributed by atoms with van der Waals surface area (Å²) in [4.78, 5) is 2.37. The van der Waals surface area contributed by atoms with Crippen molar-refractivity contribution in [2.75, 3.05) is 35.9 Å². The van der Waals surface area contributed by atoms with Crippen molar-refractivity contribution >= 4 is 32.3 Å². The highest BCUT2D eigenvalue weighted by Gasteiger charge is 2.16. The lowest BCUT2D eigenvalue weighted by Crippen LogP contribution is -2.36. The zero-order chi connectivity index (χ0) is 22.0. The number of fused-ring (bicyclic) bond motifs is 1. The number of hydrogen-bond acceptors (Lipinski definition) is 6. The van der Waals surface area contributed by atoms with Gasteiger partial charge in [-0.05, 0) is 47.2 Å². The summed E-state index contributed by atoms with van der Waals surface area (Å²) < 4.78 is 33.7. The summed E-state index contributed by atoms with van der Waals surface area (Å²) in [5.41, 5.74) is 2.07. The molecule has 0 saturated carbocycles. The van der Waals surface area contributed by atoms with Crippen molar-refractivity contribution in [3.63, 3.8) is 0 Å². The van der Waals surface area contributed by atoms with Crippen LogP contribution in [0.2, 0.25) is 0 Å². The van der Waals surface area contributed by atoms with Crippen LogP contribution in [0.1, 0.15) is 0 Å². The van der Waals surface area contributed by atoms with Crippen molar-refractivity contribution in [2.45, 2.75) is 4.90 Å².